The van der Waals surface area contributed by atoms with Crippen molar-refractivity contribution in [2.45, 2.75) is 25.3 Å². The number of pyridine rings is 1. The lowest BCUT2D eigenvalue weighted by Crippen LogP contribution is -2.28. The topological polar surface area (TPSA) is 97.2 Å². The number of ether oxygens (including phenoxy) is 1. The molecule has 28 heavy (non-hydrogen) atoms. The van der Waals surface area contributed by atoms with E-state index in [4.69, 9.17) is 4.74 Å². The summed E-state index contributed by atoms with van der Waals surface area (Å²) in [5.74, 6) is 0.205. The number of hydrogen-bond acceptors (Lipinski definition) is 6. The highest BCUT2D eigenvalue weighted by Crippen LogP contribution is 2.25. The number of aromatic nitrogens is 3. The van der Waals surface area contributed by atoms with Crippen molar-refractivity contribution >= 4 is 11.9 Å². The van der Waals surface area contributed by atoms with Gasteiger partial charge < -0.3 is 15.2 Å². The number of carboxylic acids is 1. The van der Waals surface area contributed by atoms with Crippen LogP contribution in [0.15, 0.2) is 48.8 Å². The van der Waals surface area contributed by atoms with Crippen molar-refractivity contribution in [2.24, 2.45) is 0 Å². The monoisotopic (exact) mass is 376 g/mol. The molecule has 2 heterocycles. The molecule has 0 bridgehead atoms. The van der Waals surface area contributed by atoms with E-state index in [1.54, 1.807) is 37.7 Å². The van der Waals surface area contributed by atoms with Crippen LogP contribution in [0, 0.1) is 0 Å². The maximum atomic E-state index is 11.2. The summed E-state index contributed by atoms with van der Waals surface area (Å²) in [4.78, 5) is 24.4. The van der Waals surface area contributed by atoms with E-state index in [1.807, 2.05) is 18.2 Å². The summed E-state index contributed by atoms with van der Waals surface area (Å²) < 4.78 is 5.09. The first-order valence-corrected chi connectivity index (χ1v) is 9.07. The van der Waals surface area contributed by atoms with Crippen LogP contribution in [0.25, 0.3) is 11.3 Å². The molecule has 0 aliphatic heterocycles. The molecule has 4 rings (SSSR count). The predicted octanol–water partition coefficient (Wildman–Crippen LogP) is 3.21. The van der Waals surface area contributed by atoms with Gasteiger partial charge in [0.05, 0.1) is 18.4 Å². The van der Waals surface area contributed by atoms with E-state index in [2.05, 4.69) is 20.3 Å². The first-order chi connectivity index (χ1) is 13.6. The summed E-state index contributed by atoms with van der Waals surface area (Å²) in [5, 5.41) is 12.6. The molecule has 3 aromatic rings. The SMILES string of the molecule is COc1ccc(-c2ccnc(NC3CCc4ccc(C(=O)O)cc4C3)n2)cn1. The maximum Gasteiger partial charge on any atom is 0.335 e. The van der Waals surface area contributed by atoms with Crippen molar-refractivity contribution in [1.82, 2.24) is 15.0 Å². The van der Waals surface area contributed by atoms with Gasteiger partial charge in [0.1, 0.15) is 0 Å². The fourth-order valence-corrected chi connectivity index (χ4v) is 3.44. The second-order valence-corrected chi connectivity index (χ2v) is 6.73. The van der Waals surface area contributed by atoms with Gasteiger partial charge in [0.15, 0.2) is 0 Å². The van der Waals surface area contributed by atoms with E-state index in [9.17, 15) is 9.90 Å². The smallest absolute Gasteiger partial charge is 0.335 e. The molecule has 2 N–H and O–H groups in total. The minimum atomic E-state index is -0.901. The largest absolute Gasteiger partial charge is 0.481 e. The number of aromatic carboxylic acids is 1. The Balaban J connectivity index is 1.50. The Morgan fingerprint density at radius 3 is 2.82 bits per heavy atom. The number of hydrogen-bond donors (Lipinski definition) is 2. The minimum absolute atomic E-state index is 0.154. The second-order valence-electron chi connectivity index (χ2n) is 6.73. The lowest BCUT2D eigenvalue weighted by molar-refractivity contribution is 0.0696. The van der Waals surface area contributed by atoms with E-state index < -0.39 is 5.97 Å². The number of methoxy groups -OCH3 is 1. The Morgan fingerprint density at radius 1 is 1.18 bits per heavy atom. The quantitative estimate of drug-likeness (QED) is 0.705. The van der Waals surface area contributed by atoms with Crippen LogP contribution in [0.3, 0.4) is 0 Å². The number of nitrogens with one attached hydrogen (secondary N) is 1. The number of nitrogens with zero attached hydrogens (tertiary/aromatic N) is 3. The van der Waals surface area contributed by atoms with E-state index in [1.165, 1.54) is 5.56 Å². The normalized spacial score (nSPS) is 15.5. The van der Waals surface area contributed by atoms with Gasteiger partial charge in [0.2, 0.25) is 11.8 Å². The first kappa shape index (κ1) is 17.9. The van der Waals surface area contributed by atoms with Crippen LogP contribution >= 0.6 is 0 Å². The number of rotatable bonds is 5. The van der Waals surface area contributed by atoms with E-state index in [-0.39, 0.29) is 6.04 Å². The van der Waals surface area contributed by atoms with Gasteiger partial charge in [0, 0.05) is 30.1 Å². The molecule has 1 unspecified atom stereocenters. The third kappa shape index (κ3) is 3.78. The van der Waals surface area contributed by atoms with Crippen LogP contribution in [0.5, 0.6) is 5.88 Å². The standard InChI is InChI=1S/C21H20N4O3/c1-28-19-7-5-15(12-23-19)18-8-9-22-21(25-18)24-17-6-4-13-2-3-14(20(26)27)10-16(13)11-17/h2-3,5,7-10,12,17H,4,6,11H2,1H3,(H,26,27)(H,22,24,25). The van der Waals surface area contributed by atoms with Gasteiger partial charge in [0.25, 0.3) is 0 Å². The Morgan fingerprint density at radius 2 is 2.07 bits per heavy atom. The number of fused-ring (bicyclic) bond motifs is 1. The van der Waals surface area contributed by atoms with Crippen molar-refractivity contribution in [3.63, 3.8) is 0 Å². The lowest BCUT2D eigenvalue weighted by Gasteiger charge is -2.26. The molecule has 2 aromatic heterocycles. The highest BCUT2D eigenvalue weighted by atomic mass is 16.5. The summed E-state index contributed by atoms with van der Waals surface area (Å²) in [6, 6.07) is 11.1. The summed E-state index contributed by atoms with van der Waals surface area (Å²) in [6.07, 6.45) is 6.02. The minimum Gasteiger partial charge on any atom is -0.481 e. The molecule has 1 aliphatic carbocycles. The highest BCUT2D eigenvalue weighted by molar-refractivity contribution is 5.88. The predicted molar refractivity (Wildman–Crippen MR) is 105 cm³/mol. The third-order valence-electron chi connectivity index (χ3n) is 4.91. The molecule has 7 heteroatoms. The zero-order chi connectivity index (χ0) is 19.5. The molecule has 0 amide bonds. The molecule has 0 saturated carbocycles. The van der Waals surface area contributed by atoms with Gasteiger partial charge in [-0.1, -0.05) is 6.07 Å². The molecular formula is C21H20N4O3. The molecule has 0 radical (unpaired) electrons. The summed E-state index contributed by atoms with van der Waals surface area (Å²) in [6.45, 7) is 0. The van der Waals surface area contributed by atoms with Gasteiger partial charge in [-0.2, -0.15) is 0 Å². The molecule has 1 aromatic carbocycles. The zero-order valence-corrected chi connectivity index (χ0v) is 15.4. The van der Waals surface area contributed by atoms with Crippen LogP contribution < -0.4 is 10.1 Å². The van der Waals surface area contributed by atoms with Gasteiger partial charge in [-0.15, -0.1) is 0 Å². The molecule has 0 saturated heterocycles. The van der Waals surface area contributed by atoms with Crippen molar-refractivity contribution in [1.29, 1.82) is 0 Å². The number of benzene rings is 1. The van der Waals surface area contributed by atoms with Crippen LogP contribution in [-0.2, 0) is 12.8 Å². The molecular weight excluding hydrogens is 356 g/mol. The maximum absolute atomic E-state index is 11.2. The number of anilines is 1. The lowest BCUT2D eigenvalue weighted by atomic mass is 9.87. The molecule has 0 spiro atoms. The number of carbonyl (C=O) groups is 1. The van der Waals surface area contributed by atoms with Crippen molar-refractivity contribution in [3.8, 4) is 17.1 Å². The van der Waals surface area contributed by atoms with Gasteiger partial charge in [-0.3, -0.25) is 0 Å². The van der Waals surface area contributed by atoms with Crippen LogP contribution in [0.2, 0.25) is 0 Å². The Bertz CT molecular complexity index is 1000. The van der Waals surface area contributed by atoms with Gasteiger partial charge >= 0.3 is 5.97 Å². The summed E-state index contributed by atoms with van der Waals surface area (Å²) >= 11 is 0. The fourth-order valence-electron chi connectivity index (χ4n) is 3.44. The van der Waals surface area contributed by atoms with Gasteiger partial charge in [-0.25, -0.2) is 19.7 Å². The Labute approximate surface area is 162 Å². The zero-order valence-electron chi connectivity index (χ0n) is 15.4. The number of aryl methyl sites for hydroxylation is 1. The van der Waals surface area contributed by atoms with Crippen molar-refractivity contribution in [2.75, 3.05) is 12.4 Å². The van der Waals surface area contributed by atoms with Crippen molar-refractivity contribution in [3.05, 3.63) is 65.5 Å². The van der Waals surface area contributed by atoms with Gasteiger partial charge in [-0.05, 0) is 54.7 Å². The van der Waals surface area contributed by atoms with Crippen LogP contribution in [0.4, 0.5) is 5.95 Å². The molecule has 0 fully saturated rings. The molecule has 142 valence electrons. The van der Waals surface area contributed by atoms with E-state index >= 15 is 0 Å². The van der Waals surface area contributed by atoms with Crippen LogP contribution in [0.1, 0.15) is 27.9 Å². The molecule has 1 aliphatic rings. The summed E-state index contributed by atoms with van der Waals surface area (Å²) in [5.41, 5.74) is 4.26. The first-order valence-electron chi connectivity index (χ1n) is 9.07. The highest BCUT2D eigenvalue weighted by Gasteiger charge is 2.20. The number of carboxylic acid groups (broad SMARTS) is 1. The second kappa shape index (κ2) is 7.64. The average molecular weight is 376 g/mol. The Hall–Kier alpha value is -3.48. The third-order valence-corrected chi connectivity index (χ3v) is 4.91. The Kier molecular flexibility index (Phi) is 4.89. The molecule has 7 nitrogen and oxygen atoms in total. The van der Waals surface area contributed by atoms with Crippen LogP contribution in [-0.4, -0.2) is 39.2 Å². The fraction of sp³-hybridized carbons (Fsp3) is 0.238. The molecule has 1 atom stereocenters. The van der Waals surface area contributed by atoms with E-state index in [0.29, 0.717) is 17.4 Å². The summed E-state index contributed by atoms with van der Waals surface area (Å²) in [7, 11) is 1.58. The van der Waals surface area contributed by atoms with Crippen molar-refractivity contribution < 1.29 is 14.6 Å². The van der Waals surface area contributed by atoms with E-state index in [0.717, 1.165) is 36.1 Å². The average Bonchev–Trinajstić information content (AvgIpc) is 2.73.